The van der Waals surface area contributed by atoms with Crippen molar-refractivity contribution in [3.8, 4) is 5.75 Å². The Kier molecular flexibility index (Phi) is 5.46. The van der Waals surface area contributed by atoms with E-state index in [4.69, 9.17) is 9.84 Å². The summed E-state index contributed by atoms with van der Waals surface area (Å²) >= 11 is 0. The summed E-state index contributed by atoms with van der Waals surface area (Å²) in [4.78, 5) is 10.6. The summed E-state index contributed by atoms with van der Waals surface area (Å²) in [6.07, 6.45) is 1.36. The van der Waals surface area contributed by atoms with Crippen LogP contribution in [-0.2, 0) is 0 Å². The third-order valence-corrected chi connectivity index (χ3v) is 2.40. The number of benzene rings is 1. The summed E-state index contributed by atoms with van der Waals surface area (Å²) < 4.78 is 18.5. The Morgan fingerprint density at radius 1 is 1.41 bits per heavy atom. The van der Waals surface area contributed by atoms with Crippen molar-refractivity contribution in [3.63, 3.8) is 0 Å². The van der Waals surface area contributed by atoms with E-state index in [2.05, 4.69) is 0 Å². The van der Waals surface area contributed by atoms with Gasteiger partial charge < -0.3 is 9.84 Å². The van der Waals surface area contributed by atoms with Gasteiger partial charge in [-0.05, 0) is 30.7 Å². The number of ether oxygens (including phenoxy) is 1. The molecule has 1 atom stereocenters. The lowest BCUT2D eigenvalue weighted by Crippen LogP contribution is -2.12. The molecule has 0 bridgehead atoms. The minimum Gasteiger partial charge on any atom is -0.491 e. The molecule has 0 amide bonds. The Labute approximate surface area is 100 Å². The molecule has 4 heteroatoms. The predicted molar refractivity (Wildman–Crippen MR) is 63.3 cm³/mol. The molecular formula is C13H17FO3. The number of hydrogen-bond donors (Lipinski definition) is 1. The monoisotopic (exact) mass is 240 g/mol. The van der Waals surface area contributed by atoms with E-state index in [0.29, 0.717) is 12.2 Å². The predicted octanol–water partition coefficient (Wildman–Crippen LogP) is 3.29. The minimum atomic E-state index is -0.983. The maximum absolute atomic E-state index is 13.3. The summed E-state index contributed by atoms with van der Waals surface area (Å²) in [5.74, 6) is -0.489. The van der Waals surface area contributed by atoms with Gasteiger partial charge in [-0.3, -0.25) is 0 Å². The Morgan fingerprint density at radius 2 is 2.06 bits per heavy atom. The summed E-state index contributed by atoms with van der Waals surface area (Å²) in [5, 5.41) is 8.69. The topological polar surface area (TPSA) is 46.5 Å². The second-order valence-electron chi connectivity index (χ2n) is 3.88. The third kappa shape index (κ3) is 4.85. The van der Waals surface area contributed by atoms with E-state index < -0.39 is 12.1 Å². The molecule has 1 N–H and O–H groups in total. The van der Waals surface area contributed by atoms with Crippen molar-refractivity contribution in [1.29, 1.82) is 0 Å². The highest BCUT2D eigenvalue weighted by molar-refractivity contribution is 5.87. The van der Waals surface area contributed by atoms with Crippen LogP contribution in [0.15, 0.2) is 24.3 Å². The molecule has 0 fully saturated rings. The first kappa shape index (κ1) is 13.5. The average molecular weight is 240 g/mol. The molecule has 0 aliphatic rings. The summed E-state index contributed by atoms with van der Waals surface area (Å²) in [6.45, 7) is 2.03. The van der Waals surface area contributed by atoms with Crippen LogP contribution in [0.5, 0.6) is 5.75 Å². The second-order valence-corrected chi connectivity index (χ2v) is 3.88. The van der Waals surface area contributed by atoms with Gasteiger partial charge in [0.15, 0.2) is 0 Å². The van der Waals surface area contributed by atoms with Crippen molar-refractivity contribution in [3.05, 3.63) is 29.8 Å². The van der Waals surface area contributed by atoms with Gasteiger partial charge in [0, 0.05) is 0 Å². The third-order valence-electron chi connectivity index (χ3n) is 2.40. The fraction of sp³-hybridized carbons (Fsp3) is 0.462. The van der Waals surface area contributed by atoms with E-state index in [9.17, 15) is 9.18 Å². The lowest BCUT2D eigenvalue weighted by Gasteiger charge is -2.10. The number of unbranched alkanes of at least 4 members (excludes halogenated alkanes) is 1. The minimum absolute atomic E-state index is 0.0203. The highest BCUT2D eigenvalue weighted by Gasteiger charge is 2.07. The van der Waals surface area contributed by atoms with Crippen LogP contribution < -0.4 is 4.74 Å². The normalized spacial score (nSPS) is 12.1. The van der Waals surface area contributed by atoms with Crippen molar-refractivity contribution < 1.29 is 19.0 Å². The van der Waals surface area contributed by atoms with Crippen LogP contribution in [0.25, 0.3) is 0 Å². The molecule has 0 radical (unpaired) electrons. The number of halogens is 1. The van der Waals surface area contributed by atoms with E-state index in [1.54, 1.807) is 0 Å². The Morgan fingerprint density at radius 3 is 2.59 bits per heavy atom. The van der Waals surface area contributed by atoms with Crippen molar-refractivity contribution >= 4 is 5.97 Å². The number of carboxylic acids is 1. The molecule has 0 saturated carbocycles. The summed E-state index contributed by atoms with van der Waals surface area (Å²) in [5.41, 5.74) is 0.195. The number of rotatable bonds is 7. The number of aromatic carboxylic acids is 1. The molecule has 0 aliphatic carbocycles. The zero-order valence-corrected chi connectivity index (χ0v) is 9.86. The lowest BCUT2D eigenvalue weighted by atomic mass is 10.2. The van der Waals surface area contributed by atoms with Crippen molar-refractivity contribution in [2.24, 2.45) is 0 Å². The maximum atomic E-state index is 13.3. The Hall–Kier alpha value is -1.58. The van der Waals surface area contributed by atoms with Crippen molar-refractivity contribution in [2.45, 2.75) is 32.4 Å². The quantitative estimate of drug-likeness (QED) is 0.795. The first-order valence-electron chi connectivity index (χ1n) is 5.73. The van der Waals surface area contributed by atoms with E-state index in [0.717, 1.165) is 12.8 Å². The number of carbonyl (C=O) groups is 1. The van der Waals surface area contributed by atoms with Crippen LogP contribution in [0.3, 0.4) is 0 Å². The molecule has 0 aromatic heterocycles. The number of alkyl halides is 1. The molecule has 17 heavy (non-hydrogen) atoms. The molecule has 1 rings (SSSR count). The van der Waals surface area contributed by atoms with Gasteiger partial charge in [-0.15, -0.1) is 0 Å². The van der Waals surface area contributed by atoms with Crippen LogP contribution >= 0.6 is 0 Å². The SMILES string of the molecule is CCCCC(F)COc1ccc(C(=O)O)cc1. The zero-order valence-electron chi connectivity index (χ0n) is 9.86. The number of hydrogen-bond acceptors (Lipinski definition) is 2. The van der Waals surface area contributed by atoms with Crippen molar-refractivity contribution in [1.82, 2.24) is 0 Å². The molecule has 94 valence electrons. The van der Waals surface area contributed by atoms with Gasteiger partial charge >= 0.3 is 5.97 Å². The molecular weight excluding hydrogens is 223 g/mol. The molecule has 1 aromatic carbocycles. The van der Waals surface area contributed by atoms with E-state index in [1.807, 2.05) is 6.92 Å². The summed E-state index contributed by atoms with van der Waals surface area (Å²) in [7, 11) is 0. The highest BCUT2D eigenvalue weighted by Crippen LogP contribution is 2.14. The van der Waals surface area contributed by atoms with Crippen molar-refractivity contribution in [2.75, 3.05) is 6.61 Å². The average Bonchev–Trinajstić information content (AvgIpc) is 2.34. The largest absolute Gasteiger partial charge is 0.491 e. The van der Waals surface area contributed by atoms with Gasteiger partial charge in [-0.25, -0.2) is 9.18 Å². The summed E-state index contributed by atoms with van der Waals surface area (Å²) in [6, 6.07) is 5.96. The van der Waals surface area contributed by atoms with E-state index in [-0.39, 0.29) is 12.2 Å². The van der Waals surface area contributed by atoms with E-state index >= 15 is 0 Å². The van der Waals surface area contributed by atoms with Crippen LogP contribution in [0.1, 0.15) is 36.5 Å². The molecule has 3 nitrogen and oxygen atoms in total. The van der Waals surface area contributed by atoms with Gasteiger partial charge in [0.1, 0.15) is 18.5 Å². The number of carboxylic acid groups (broad SMARTS) is 1. The van der Waals surface area contributed by atoms with Gasteiger partial charge in [0.25, 0.3) is 0 Å². The maximum Gasteiger partial charge on any atom is 0.335 e. The van der Waals surface area contributed by atoms with Crippen LogP contribution in [-0.4, -0.2) is 23.9 Å². The highest BCUT2D eigenvalue weighted by atomic mass is 19.1. The molecule has 0 spiro atoms. The Balaban J connectivity index is 2.39. The van der Waals surface area contributed by atoms with E-state index in [1.165, 1.54) is 24.3 Å². The van der Waals surface area contributed by atoms with Crippen LogP contribution in [0.4, 0.5) is 4.39 Å². The van der Waals surface area contributed by atoms with Crippen LogP contribution in [0, 0.1) is 0 Å². The molecule has 0 saturated heterocycles. The van der Waals surface area contributed by atoms with Gasteiger partial charge in [0.05, 0.1) is 5.56 Å². The fourth-order valence-corrected chi connectivity index (χ4v) is 1.39. The fourth-order valence-electron chi connectivity index (χ4n) is 1.39. The zero-order chi connectivity index (χ0) is 12.7. The standard InChI is InChI=1S/C13H17FO3/c1-2-3-4-11(14)9-17-12-7-5-10(6-8-12)13(15)16/h5-8,11H,2-4,9H2,1H3,(H,15,16). The molecule has 1 unspecified atom stereocenters. The first-order chi connectivity index (χ1) is 8.13. The lowest BCUT2D eigenvalue weighted by molar-refractivity contribution is 0.0697. The van der Waals surface area contributed by atoms with Gasteiger partial charge in [0.2, 0.25) is 0 Å². The smallest absolute Gasteiger partial charge is 0.335 e. The Bertz CT molecular complexity index is 348. The second kappa shape index (κ2) is 6.89. The van der Waals surface area contributed by atoms with Gasteiger partial charge in [-0.1, -0.05) is 19.8 Å². The molecule has 0 heterocycles. The van der Waals surface area contributed by atoms with Gasteiger partial charge in [-0.2, -0.15) is 0 Å². The van der Waals surface area contributed by atoms with Crippen LogP contribution in [0.2, 0.25) is 0 Å². The molecule has 1 aromatic rings. The molecule has 0 aliphatic heterocycles. The first-order valence-corrected chi connectivity index (χ1v) is 5.73.